The Balaban J connectivity index is 0.000000297. The maximum Gasteiger partial charge on any atom is 0.162 e. The van der Waals surface area contributed by atoms with E-state index >= 15 is 0 Å². The van der Waals surface area contributed by atoms with E-state index < -0.39 is 8.07 Å². The summed E-state index contributed by atoms with van der Waals surface area (Å²) in [6.07, 6.45) is 6.66. The van der Waals surface area contributed by atoms with Gasteiger partial charge >= 0.3 is 0 Å². The number of aliphatic hydroxyl groups is 1. The zero-order valence-corrected chi connectivity index (χ0v) is 32.8. The van der Waals surface area contributed by atoms with Gasteiger partial charge in [0.25, 0.3) is 0 Å². The molecule has 45 heavy (non-hydrogen) atoms. The number of hydrogen-bond acceptors (Lipinski definition) is 5. The van der Waals surface area contributed by atoms with E-state index in [1.165, 1.54) is 46.1 Å². The number of benzene rings is 2. The van der Waals surface area contributed by atoms with E-state index in [0.717, 1.165) is 47.2 Å². The number of nitrogens with zero attached hydrogens (tertiary/aromatic N) is 2. The van der Waals surface area contributed by atoms with Crippen LogP contribution in [0.2, 0.25) is 18.1 Å². The third-order valence-corrected chi connectivity index (χ3v) is 18.2. The van der Waals surface area contributed by atoms with Crippen LogP contribution >= 0.6 is 11.3 Å². The molecule has 0 atom stereocenters. The minimum Gasteiger partial charge on any atom is -0.512 e. The molecule has 0 saturated heterocycles. The van der Waals surface area contributed by atoms with Crippen molar-refractivity contribution in [2.75, 3.05) is 0 Å². The number of fused-ring (bicyclic) bond motifs is 3. The average Bonchev–Trinajstić information content (AvgIpc) is 3.44. The number of carbonyl (C=O) groups excluding carboxylic acids is 1. The smallest absolute Gasteiger partial charge is 0.162 e. The predicted octanol–water partition coefficient (Wildman–Crippen LogP) is 10.5. The van der Waals surface area contributed by atoms with Gasteiger partial charge in [0.05, 0.1) is 13.8 Å². The van der Waals surface area contributed by atoms with Crippen molar-refractivity contribution in [1.29, 1.82) is 0 Å². The first-order valence-electron chi connectivity index (χ1n) is 16.8. The van der Waals surface area contributed by atoms with Crippen LogP contribution in [0.3, 0.4) is 0 Å². The first-order chi connectivity index (χ1) is 21.1. The first-order valence-corrected chi connectivity index (χ1v) is 20.2. The predicted molar refractivity (Wildman–Crippen MR) is 192 cm³/mol. The third kappa shape index (κ3) is 6.93. The number of thiophene rings is 1. The first kappa shape index (κ1) is 37.3. The van der Waals surface area contributed by atoms with Crippen LogP contribution in [-0.4, -0.2) is 28.9 Å². The summed E-state index contributed by atoms with van der Waals surface area (Å²) in [4.78, 5) is 22.4. The van der Waals surface area contributed by atoms with Crippen molar-refractivity contribution in [1.82, 2.24) is 9.97 Å². The molecule has 1 N–H and O–H groups in total. The van der Waals surface area contributed by atoms with Gasteiger partial charge in [0.1, 0.15) is 11.2 Å². The fourth-order valence-electron chi connectivity index (χ4n) is 7.08. The Labute approximate surface area is 289 Å². The normalized spacial score (nSPS) is 13.9. The SMILES string of the molecule is CCC(CC)C(=O)/C=C(\O)C(CC)CC.CC[Si](CC)(CC)c1sc2ncnc3c2c1C(C)(C)c1cc2ccccc2[c-]c1-3.[Ir]. The van der Waals surface area contributed by atoms with Gasteiger partial charge in [-0.25, -0.2) is 4.98 Å². The Morgan fingerprint density at radius 3 is 2.13 bits per heavy atom. The number of rotatable bonds is 11. The van der Waals surface area contributed by atoms with Gasteiger partial charge in [-0.2, -0.15) is 0 Å². The van der Waals surface area contributed by atoms with Gasteiger partial charge in [0, 0.05) is 49.1 Å². The molecular formula is C38H51IrN2O2SSi-. The van der Waals surface area contributed by atoms with Crippen molar-refractivity contribution in [3.63, 3.8) is 0 Å². The fourth-order valence-corrected chi connectivity index (χ4v) is 14.0. The van der Waals surface area contributed by atoms with Gasteiger partial charge in [0.2, 0.25) is 0 Å². The molecular weight excluding hydrogens is 769 g/mol. The standard InChI is InChI=1S/C25H27N2SSi.C13H24O2.Ir/c1-6-29(7-2,8-3)24-21-20-22(26-15-27-23(20)28-24)18-13-16-11-9-10-12-17(16)14-19(18)25(21,4)5;1-5-10(6-2)12(14)9-13(15)11(7-3)8-4;/h9-12,14-15H,6-8H2,1-5H3;9-11,14H,5-8H2,1-4H3;/q-1;;/b;12-9-;. The van der Waals surface area contributed by atoms with Crippen LogP contribution in [0, 0.1) is 17.9 Å². The Bertz CT molecular complexity index is 1640. The Hall–Kier alpha value is -2.18. The van der Waals surface area contributed by atoms with Crippen molar-refractivity contribution < 1.29 is 30.0 Å². The van der Waals surface area contributed by atoms with E-state index in [0.29, 0.717) is 0 Å². The van der Waals surface area contributed by atoms with Crippen molar-refractivity contribution in [2.45, 2.75) is 112 Å². The molecule has 0 bridgehead atoms. The Morgan fingerprint density at radius 2 is 1.56 bits per heavy atom. The summed E-state index contributed by atoms with van der Waals surface area (Å²) in [5.41, 5.74) is 5.04. The molecule has 2 aromatic heterocycles. The van der Waals surface area contributed by atoms with Crippen LogP contribution in [0.4, 0.5) is 0 Å². The van der Waals surface area contributed by atoms with Gasteiger partial charge in [-0.3, -0.25) is 9.78 Å². The molecule has 1 aliphatic carbocycles. The molecule has 245 valence electrons. The van der Waals surface area contributed by atoms with Gasteiger partial charge < -0.3 is 5.11 Å². The number of hydrogen-bond donors (Lipinski definition) is 1. The van der Waals surface area contributed by atoms with E-state index in [2.05, 4.69) is 71.0 Å². The summed E-state index contributed by atoms with van der Waals surface area (Å²) < 4.78 is 1.66. The quantitative estimate of drug-likeness (QED) is 0.0709. The maximum absolute atomic E-state index is 11.7. The van der Waals surface area contributed by atoms with E-state index in [4.69, 9.17) is 9.97 Å². The zero-order chi connectivity index (χ0) is 32.2. The molecule has 4 nitrogen and oxygen atoms in total. The van der Waals surface area contributed by atoms with Crippen molar-refractivity contribution in [3.8, 4) is 11.3 Å². The summed E-state index contributed by atoms with van der Waals surface area (Å²) in [6, 6.07) is 18.5. The van der Waals surface area contributed by atoms with Crippen LogP contribution in [0.5, 0.6) is 0 Å². The maximum atomic E-state index is 11.7. The largest absolute Gasteiger partial charge is 0.512 e. The second-order valence-corrected chi connectivity index (χ2v) is 19.4. The number of aromatic nitrogens is 2. The Kier molecular flexibility index (Phi) is 12.9. The minimum atomic E-state index is -1.55. The molecule has 7 heteroatoms. The van der Waals surface area contributed by atoms with E-state index in [-0.39, 0.29) is 48.9 Å². The zero-order valence-electron chi connectivity index (χ0n) is 28.6. The summed E-state index contributed by atoms with van der Waals surface area (Å²) in [5.74, 6) is 0.547. The van der Waals surface area contributed by atoms with Crippen molar-refractivity contribution in [2.24, 2.45) is 11.8 Å². The van der Waals surface area contributed by atoms with Crippen LogP contribution in [-0.2, 0) is 30.3 Å². The van der Waals surface area contributed by atoms with Gasteiger partial charge in [0.15, 0.2) is 5.78 Å². The van der Waals surface area contributed by atoms with Crippen LogP contribution < -0.4 is 4.50 Å². The number of ketones is 1. The number of allylic oxidation sites excluding steroid dienone is 2. The Morgan fingerprint density at radius 1 is 0.956 bits per heavy atom. The molecule has 2 heterocycles. The molecule has 0 unspecified atom stereocenters. The average molecular weight is 820 g/mol. The molecule has 0 spiro atoms. The molecule has 0 amide bonds. The summed E-state index contributed by atoms with van der Waals surface area (Å²) in [7, 11) is -1.55. The summed E-state index contributed by atoms with van der Waals surface area (Å²) >= 11 is 1.96. The summed E-state index contributed by atoms with van der Waals surface area (Å²) in [5, 5.41) is 13.5. The molecule has 0 aliphatic heterocycles. The van der Waals surface area contributed by atoms with Crippen molar-refractivity contribution in [3.05, 3.63) is 65.7 Å². The molecule has 0 fully saturated rings. The van der Waals surface area contributed by atoms with E-state index in [1.54, 1.807) is 10.8 Å². The van der Waals surface area contributed by atoms with Crippen molar-refractivity contribution >= 4 is 50.7 Å². The third-order valence-electron chi connectivity index (χ3n) is 10.4. The van der Waals surface area contributed by atoms with Crippen LogP contribution in [0.25, 0.3) is 32.2 Å². The number of carbonyl (C=O) groups is 1. The van der Waals surface area contributed by atoms with E-state index in [1.807, 2.05) is 39.0 Å². The van der Waals surface area contributed by atoms with Crippen LogP contribution in [0.15, 0.2) is 48.5 Å². The molecule has 4 aromatic rings. The molecule has 5 rings (SSSR count). The number of aliphatic hydroxyl groups excluding tert-OH is 1. The second-order valence-electron chi connectivity index (χ2n) is 12.8. The van der Waals surface area contributed by atoms with Gasteiger partial charge in [-0.15, -0.1) is 34.9 Å². The second kappa shape index (κ2) is 15.6. The monoisotopic (exact) mass is 820 g/mol. The van der Waals surface area contributed by atoms with Gasteiger partial charge in [-0.05, 0) is 41.2 Å². The molecule has 0 saturated carbocycles. The van der Waals surface area contributed by atoms with E-state index in [9.17, 15) is 9.90 Å². The summed E-state index contributed by atoms with van der Waals surface area (Å²) in [6.45, 7) is 20.1. The molecule has 1 aliphatic rings. The minimum absolute atomic E-state index is 0. The van der Waals surface area contributed by atoms with Crippen LogP contribution in [0.1, 0.15) is 99.1 Å². The fraction of sp³-hybridized carbons (Fsp3) is 0.500. The van der Waals surface area contributed by atoms with Gasteiger partial charge in [-0.1, -0.05) is 115 Å². The molecule has 1 radical (unpaired) electrons. The molecule has 2 aromatic carbocycles. The topological polar surface area (TPSA) is 63.1 Å².